The summed E-state index contributed by atoms with van der Waals surface area (Å²) < 4.78 is 0. The first-order chi connectivity index (χ1) is 12.4. The lowest BCUT2D eigenvalue weighted by atomic mass is 9.80. The van der Waals surface area contributed by atoms with Gasteiger partial charge in [0.1, 0.15) is 0 Å². The number of aliphatic hydroxyl groups excluding tert-OH is 1. The first-order valence-electron chi connectivity index (χ1n) is 10.4. The summed E-state index contributed by atoms with van der Waals surface area (Å²) in [6, 6.07) is 0. The minimum Gasteiger partial charge on any atom is -0.365 e. The molecule has 0 radical (unpaired) electrons. The number of imide groups is 1. The standard InChI is InChI=1S/C21H41N3O3/c1-20(2,3)11-7-8-12-22-19(27)23-13-9-10-14-24-17(25)15-16(18(24)26)21(4,5)6/h16,19,22-23,27H,7-15H2,1-6H3. The predicted octanol–water partition coefficient (Wildman–Crippen LogP) is 2.86. The van der Waals surface area contributed by atoms with Crippen molar-refractivity contribution in [3.63, 3.8) is 0 Å². The highest BCUT2D eigenvalue weighted by atomic mass is 16.3. The molecule has 0 aromatic rings. The molecule has 158 valence electrons. The van der Waals surface area contributed by atoms with Gasteiger partial charge in [0.25, 0.3) is 0 Å². The molecule has 1 rings (SSSR count). The van der Waals surface area contributed by atoms with E-state index >= 15 is 0 Å². The van der Waals surface area contributed by atoms with Crippen LogP contribution in [0.25, 0.3) is 0 Å². The molecule has 6 nitrogen and oxygen atoms in total. The molecule has 0 aliphatic carbocycles. The Kier molecular flexibility index (Phi) is 9.39. The zero-order valence-corrected chi connectivity index (χ0v) is 18.2. The molecule has 2 atom stereocenters. The van der Waals surface area contributed by atoms with Crippen molar-refractivity contribution in [3.05, 3.63) is 0 Å². The maximum atomic E-state index is 12.4. The van der Waals surface area contributed by atoms with Gasteiger partial charge in [-0.1, -0.05) is 48.0 Å². The predicted molar refractivity (Wildman–Crippen MR) is 109 cm³/mol. The average molecular weight is 384 g/mol. The van der Waals surface area contributed by atoms with E-state index in [9.17, 15) is 14.7 Å². The fourth-order valence-electron chi connectivity index (χ4n) is 3.32. The van der Waals surface area contributed by atoms with Crippen LogP contribution in [0, 0.1) is 16.7 Å². The normalized spacial score (nSPS) is 19.8. The van der Waals surface area contributed by atoms with Gasteiger partial charge in [0.15, 0.2) is 6.35 Å². The Balaban J connectivity index is 2.11. The third-order valence-corrected chi connectivity index (χ3v) is 5.13. The van der Waals surface area contributed by atoms with Crippen LogP contribution >= 0.6 is 0 Å². The number of unbranched alkanes of at least 4 members (excludes halogenated alkanes) is 2. The summed E-state index contributed by atoms with van der Waals surface area (Å²) in [5.74, 6) is -0.283. The van der Waals surface area contributed by atoms with Gasteiger partial charge >= 0.3 is 0 Å². The Bertz CT molecular complexity index is 480. The summed E-state index contributed by atoms with van der Waals surface area (Å²) in [6.07, 6.45) is 4.56. The molecule has 0 bridgehead atoms. The quantitative estimate of drug-likeness (QED) is 0.290. The molecular weight excluding hydrogens is 342 g/mol. The Morgan fingerprint density at radius 3 is 2.04 bits per heavy atom. The molecule has 6 heteroatoms. The number of carbonyl (C=O) groups is 2. The van der Waals surface area contributed by atoms with E-state index in [-0.39, 0.29) is 23.1 Å². The van der Waals surface area contributed by atoms with Gasteiger partial charge in [0.2, 0.25) is 11.8 Å². The lowest BCUT2D eigenvalue weighted by molar-refractivity contribution is -0.140. The molecule has 2 unspecified atom stereocenters. The van der Waals surface area contributed by atoms with Crippen LogP contribution in [0.5, 0.6) is 0 Å². The Labute approximate surface area is 165 Å². The SMILES string of the molecule is CC(C)(C)CCCCNC(O)NCCCCN1C(=O)CC(C(C)(C)C)C1=O. The van der Waals surface area contributed by atoms with Crippen molar-refractivity contribution in [2.45, 2.75) is 86.4 Å². The van der Waals surface area contributed by atoms with E-state index in [1.165, 1.54) is 11.3 Å². The number of nitrogens with zero attached hydrogens (tertiary/aromatic N) is 1. The van der Waals surface area contributed by atoms with E-state index in [0.29, 0.717) is 24.9 Å². The van der Waals surface area contributed by atoms with E-state index in [1.54, 1.807) is 0 Å². The number of amides is 2. The van der Waals surface area contributed by atoms with Crippen LogP contribution in [0.4, 0.5) is 0 Å². The number of carbonyl (C=O) groups excluding carboxylic acids is 2. The maximum absolute atomic E-state index is 12.4. The lowest BCUT2D eigenvalue weighted by Gasteiger charge is -2.24. The summed E-state index contributed by atoms with van der Waals surface area (Å²) in [5.41, 5.74) is 0.188. The highest BCUT2D eigenvalue weighted by Gasteiger charge is 2.44. The zero-order chi connectivity index (χ0) is 20.7. The fraction of sp³-hybridized carbons (Fsp3) is 0.905. The van der Waals surface area contributed by atoms with Crippen LogP contribution < -0.4 is 10.6 Å². The van der Waals surface area contributed by atoms with E-state index in [2.05, 4.69) is 31.4 Å². The molecule has 1 saturated heterocycles. The van der Waals surface area contributed by atoms with Crippen molar-refractivity contribution in [3.8, 4) is 0 Å². The third-order valence-electron chi connectivity index (χ3n) is 5.13. The average Bonchev–Trinajstić information content (AvgIpc) is 2.81. The lowest BCUT2D eigenvalue weighted by Crippen LogP contribution is -2.43. The number of hydrogen-bond donors (Lipinski definition) is 3. The van der Waals surface area contributed by atoms with Crippen molar-refractivity contribution in [1.82, 2.24) is 15.5 Å². The molecule has 1 aliphatic rings. The first kappa shape index (κ1) is 24.1. The van der Waals surface area contributed by atoms with Gasteiger partial charge < -0.3 is 5.11 Å². The third kappa shape index (κ3) is 9.17. The minimum absolute atomic E-state index is 0.0302. The van der Waals surface area contributed by atoms with Crippen LogP contribution in [0.15, 0.2) is 0 Å². The van der Waals surface area contributed by atoms with Crippen molar-refractivity contribution in [2.24, 2.45) is 16.7 Å². The van der Waals surface area contributed by atoms with Crippen molar-refractivity contribution in [2.75, 3.05) is 19.6 Å². The number of rotatable bonds is 11. The van der Waals surface area contributed by atoms with Crippen molar-refractivity contribution in [1.29, 1.82) is 0 Å². The number of likely N-dealkylation sites (tertiary alicyclic amines) is 1. The minimum atomic E-state index is -0.708. The topological polar surface area (TPSA) is 81.7 Å². The second kappa shape index (κ2) is 10.5. The van der Waals surface area contributed by atoms with Gasteiger partial charge in [-0.2, -0.15) is 0 Å². The summed E-state index contributed by atoms with van der Waals surface area (Å²) in [5, 5.41) is 16.0. The Hall–Kier alpha value is -0.980. The Morgan fingerprint density at radius 2 is 1.56 bits per heavy atom. The summed E-state index contributed by atoms with van der Waals surface area (Å²) in [6.45, 7) is 14.7. The van der Waals surface area contributed by atoms with E-state index in [1.807, 2.05) is 20.8 Å². The molecular formula is C21H41N3O3. The second-order valence-corrected chi connectivity index (χ2v) is 10.0. The van der Waals surface area contributed by atoms with Gasteiger partial charge in [0.05, 0.1) is 5.92 Å². The number of hydrogen-bond acceptors (Lipinski definition) is 5. The summed E-state index contributed by atoms with van der Waals surface area (Å²) in [4.78, 5) is 25.9. The number of nitrogens with one attached hydrogen (secondary N) is 2. The van der Waals surface area contributed by atoms with Crippen LogP contribution in [-0.2, 0) is 9.59 Å². The molecule has 0 aromatic heterocycles. The van der Waals surface area contributed by atoms with Crippen LogP contribution in [-0.4, -0.2) is 47.8 Å². The monoisotopic (exact) mass is 383 g/mol. The Morgan fingerprint density at radius 1 is 1.00 bits per heavy atom. The van der Waals surface area contributed by atoms with Crippen LogP contribution in [0.2, 0.25) is 0 Å². The fourth-order valence-corrected chi connectivity index (χ4v) is 3.32. The van der Waals surface area contributed by atoms with Crippen LogP contribution in [0.3, 0.4) is 0 Å². The highest BCUT2D eigenvalue weighted by Crippen LogP contribution is 2.35. The van der Waals surface area contributed by atoms with Gasteiger partial charge in [-0.25, -0.2) is 0 Å². The molecule has 0 saturated carbocycles. The molecule has 0 aromatic carbocycles. The first-order valence-corrected chi connectivity index (χ1v) is 10.4. The summed E-state index contributed by atoms with van der Waals surface area (Å²) >= 11 is 0. The van der Waals surface area contributed by atoms with Crippen molar-refractivity contribution >= 4 is 11.8 Å². The van der Waals surface area contributed by atoms with Crippen LogP contribution in [0.1, 0.15) is 80.1 Å². The van der Waals surface area contributed by atoms with Gasteiger partial charge in [-0.15, -0.1) is 0 Å². The van der Waals surface area contributed by atoms with E-state index < -0.39 is 6.35 Å². The highest BCUT2D eigenvalue weighted by molar-refractivity contribution is 6.03. The summed E-state index contributed by atoms with van der Waals surface area (Å²) in [7, 11) is 0. The van der Waals surface area contributed by atoms with Gasteiger partial charge in [-0.05, 0) is 49.6 Å². The molecule has 1 fully saturated rings. The molecule has 2 amide bonds. The van der Waals surface area contributed by atoms with Gasteiger partial charge in [0, 0.05) is 13.0 Å². The van der Waals surface area contributed by atoms with E-state index in [0.717, 1.165) is 32.2 Å². The molecule has 0 spiro atoms. The van der Waals surface area contributed by atoms with Gasteiger partial charge in [-0.3, -0.25) is 25.1 Å². The largest absolute Gasteiger partial charge is 0.365 e. The zero-order valence-electron chi connectivity index (χ0n) is 18.2. The van der Waals surface area contributed by atoms with Crippen molar-refractivity contribution < 1.29 is 14.7 Å². The smallest absolute Gasteiger partial charge is 0.233 e. The van der Waals surface area contributed by atoms with E-state index in [4.69, 9.17) is 0 Å². The molecule has 1 heterocycles. The molecule has 3 N–H and O–H groups in total. The second-order valence-electron chi connectivity index (χ2n) is 10.0. The maximum Gasteiger partial charge on any atom is 0.233 e. The molecule has 1 aliphatic heterocycles. The molecule has 27 heavy (non-hydrogen) atoms. The number of aliphatic hydroxyl groups is 1.